The van der Waals surface area contributed by atoms with Crippen LogP contribution in [-0.4, -0.2) is 17.6 Å². The van der Waals surface area contributed by atoms with Gasteiger partial charge in [0.2, 0.25) is 0 Å². The van der Waals surface area contributed by atoms with Gasteiger partial charge in [-0.15, -0.1) is 0 Å². The van der Waals surface area contributed by atoms with Crippen molar-refractivity contribution in [3.05, 3.63) is 58.1 Å². The maximum absolute atomic E-state index is 12.0. The topological polar surface area (TPSA) is 50.4 Å². The summed E-state index contributed by atoms with van der Waals surface area (Å²) in [4.78, 5) is 12.0. The zero-order valence-electron chi connectivity index (χ0n) is 15.4. The lowest BCUT2D eigenvalue weighted by atomic mass is 9.98. The first-order valence-electron chi connectivity index (χ1n) is 8.37. The Balaban J connectivity index is 1.87. The van der Waals surface area contributed by atoms with Gasteiger partial charge < -0.3 is 10.1 Å². The Morgan fingerprint density at radius 3 is 2.62 bits per heavy atom. The van der Waals surface area contributed by atoms with Crippen LogP contribution < -0.4 is 15.4 Å². The number of rotatable bonds is 5. The number of ether oxygens (including phenoxy) is 1. The molecule has 0 aliphatic carbocycles. The summed E-state index contributed by atoms with van der Waals surface area (Å²) in [5, 5.41) is 6.41. The van der Waals surface area contributed by atoms with Crippen molar-refractivity contribution in [1.82, 2.24) is 5.32 Å². The average Bonchev–Trinajstić information content (AvgIpc) is 2.57. The fourth-order valence-corrected chi connectivity index (χ4v) is 2.99. The number of aryl methyl sites for hydroxylation is 1. The summed E-state index contributed by atoms with van der Waals surface area (Å²) in [5.74, 6) is 0.783. The molecule has 0 aliphatic rings. The van der Waals surface area contributed by atoms with Gasteiger partial charge >= 0.3 is 0 Å². The van der Waals surface area contributed by atoms with E-state index in [2.05, 4.69) is 24.5 Å². The molecule has 138 valence electrons. The van der Waals surface area contributed by atoms with Gasteiger partial charge in [-0.25, -0.2) is 0 Å². The second-order valence-electron chi connectivity index (χ2n) is 6.38. The summed E-state index contributed by atoms with van der Waals surface area (Å²) in [5.41, 5.74) is 4.03. The first-order chi connectivity index (χ1) is 12.3. The van der Waals surface area contributed by atoms with Crippen LogP contribution in [0.3, 0.4) is 0 Å². The van der Waals surface area contributed by atoms with E-state index in [1.54, 1.807) is 6.07 Å². The van der Waals surface area contributed by atoms with Crippen molar-refractivity contribution in [2.24, 2.45) is 0 Å². The molecular weight excluding hydrogens is 368 g/mol. The van der Waals surface area contributed by atoms with Crippen LogP contribution in [0.15, 0.2) is 36.4 Å². The lowest BCUT2D eigenvalue weighted by Gasteiger charge is -2.14. The Bertz CT molecular complexity index is 821. The third-order valence-corrected chi connectivity index (χ3v) is 4.62. The van der Waals surface area contributed by atoms with Gasteiger partial charge in [0, 0.05) is 10.7 Å². The third kappa shape index (κ3) is 5.44. The maximum atomic E-state index is 12.0. The fraction of sp³-hybridized carbons (Fsp3) is 0.300. The number of anilines is 1. The Morgan fingerprint density at radius 2 is 1.96 bits per heavy atom. The van der Waals surface area contributed by atoms with E-state index in [1.165, 1.54) is 5.56 Å². The Kier molecular flexibility index (Phi) is 7.00. The van der Waals surface area contributed by atoms with Crippen LogP contribution in [0.5, 0.6) is 5.75 Å². The molecule has 4 nitrogen and oxygen atoms in total. The predicted molar refractivity (Wildman–Crippen MR) is 111 cm³/mol. The van der Waals surface area contributed by atoms with Gasteiger partial charge in [-0.05, 0) is 72.9 Å². The molecule has 0 saturated heterocycles. The summed E-state index contributed by atoms with van der Waals surface area (Å²) >= 11 is 11.2. The van der Waals surface area contributed by atoms with E-state index in [0.717, 1.165) is 16.8 Å². The monoisotopic (exact) mass is 390 g/mol. The van der Waals surface area contributed by atoms with Crippen molar-refractivity contribution in [3.63, 3.8) is 0 Å². The smallest absolute Gasteiger partial charge is 0.264 e. The molecule has 0 spiro atoms. The maximum Gasteiger partial charge on any atom is 0.264 e. The van der Waals surface area contributed by atoms with Crippen LogP contribution in [-0.2, 0) is 4.79 Å². The van der Waals surface area contributed by atoms with Crippen LogP contribution in [0.4, 0.5) is 5.69 Å². The van der Waals surface area contributed by atoms with Crippen molar-refractivity contribution >= 4 is 40.5 Å². The minimum atomic E-state index is -0.326. The summed E-state index contributed by atoms with van der Waals surface area (Å²) in [6.07, 6.45) is 0. The predicted octanol–water partition coefficient (Wildman–Crippen LogP) is 4.97. The SMILES string of the molecule is Cc1cc(OCC(=O)NC(=S)Nc2cccc(Cl)c2C)ccc1C(C)C. The molecule has 0 unspecified atom stereocenters. The minimum absolute atomic E-state index is 0.114. The van der Waals surface area contributed by atoms with Gasteiger partial charge in [0.1, 0.15) is 5.75 Å². The van der Waals surface area contributed by atoms with Crippen LogP contribution in [0.25, 0.3) is 0 Å². The lowest BCUT2D eigenvalue weighted by molar-refractivity contribution is -0.121. The first-order valence-corrected chi connectivity index (χ1v) is 9.16. The molecule has 0 heterocycles. The number of amides is 1. The number of hydrogen-bond acceptors (Lipinski definition) is 3. The standard InChI is InChI=1S/C20H23ClN2O2S/c1-12(2)16-9-8-15(10-13(16)3)25-11-19(24)23-20(26)22-18-7-5-6-17(21)14(18)4/h5-10,12H,11H2,1-4H3,(H2,22,23,24,26). The van der Waals surface area contributed by atoms with E-state index in [-0.39, 0.29) is 17.6 Å². The zero-order valence-corrected chi connectivity index (χ0v) is 16.9. The molecule has 0 aromatic heterocycles. The normalized spacial score (nSPS) is 10.5. The number of carbonyl (C=O) groups excluding carboxylic acids is 1. The highest BCUT2D eigenvalue weighted by molar-refractivity contribution is 7.80. The number of nitrogens with one attached hydrogen (secondary N) is 2. The average molecular weight is 391 g/mol. The first kappa shape index (κ1) is 20.2. The van der Waals surface area contributed by atoms with Crippen LogP contribution >= 0.6 is 23.8 Å². The zero-order chi connectivity index (χ0) is 19.3. The van der Waals surface area contributed by atoms with E-state index < -0.39 is 0 Å². The van der Waals surface area contributed by atoms with Crippen LogP contribution in [0.2, 0.25) is 5.02 Å². The Hall–Kier alpha value is -2.11. The van der Waals surface area contributed by atoms with Crippen molar-refractivity contribution in [2.45, 2.75) is 33.6 Å². The minimum Gasteiger partial charge on any atom is -0.484 e. The van der Waals surface area contributed by atoms with Crippen molar-refractivity contribution in [3.8, 4) is 5.75 Å². The molecule has 0 saturated carbocycles. The lowest BCUT2D eigenvalue weighted by Crippen LogP contribution is -2.37. The fourth-order valence-electron chi connectivity index (χ4n) is 2.59. The van der Waals surface area contributed by atoms with E-state index >= 15 is 0 Å². The molecule has 0 bridgehead atoms. The van der Waals surface area contributed by atoms with E-state index in [1.807, 2.05) is 44.2 Å². The van der Waals surface area contributed by atoms with E-state index in [4.69, 9.17) is 28.6 Å². The molecule has 2 aromatic rings. The van der Waals surface area contributed by atoms with E-state index in [9.17, 15) is 4.79 Å². The second kappa shape index (κ2) is 9.01. The molecule has 1 amide bonds. The molecule has 0 atom stereocenters. The number of hydrogen-bond donors (Lipinski definition) is 2. The van der Waals surface area contributed by atoms with Gasteiger partial charge in [0.25, 0.3) is 5.91 Å². The highest BCUT2D eigenvalue weighted by Crippen LogP contribution is 2.24. The number of thiocarbonyl (C=S) groups is 1. The summed E-state index contributed by atoms with van der Waals surface area (Å²) in [7, 11) is 0. The molecular formula is C20H23ClN2O2S. The summed E-state index contributed by atoms with van der Waals surface area (Å²) in [6.45, 7) is 8.09. The van der Waals surface area contributed by atoms with Crippen LogP contribution in [0, 0.1) is 13.8 Å². The van der Waals surface area contributed by atoms with Crippen LogP contribution in [0.1, 0.15) is 36.5 Å². The van der Waals surface area contributed by atoms with E-state index in [0.29, 0.717) is 16.7 Å². The molecule has 2 aromatic carbocycles. The molecule has 6 heteroatoms. The Morgan fingerprint density at radius 1 is 1.23 bits per heavy atom. The van der Waals surface area contributed by atoms with Gasteiger partial charge in [0.15, 0.2) is 11.7 Å². The Labute approximate surface area is 164 Å². The van der Waals surface area contributed by atoms with Gasteiger partial charge in [-0.3, -0.25) is 10.1 Å². The molecule has 0 radical (unpaired) electrons. The van der Waals surface area contributed by atoms with Crippen molar-refractivity contribution < 1.29 is 9.53 Å². The highest BCUT2D eigenvalue weighted by Gasteiger charge is 2.09. The van der Waals surface area contributed by atoms with Crippen molar-refractivity contribution in [1.29, 1.82) is 0 Å². The molecule has 0 fully saturated rings. The molecule has 2 rings (SSSR count). The molecule has 26 heavy (non-hydrogen) atoms. The number of halogens is 1. The molecule has 2 N–H and O–H groups in total. The van der Waals surface area contributed by atoms with Gasteiger partial charge in [0.05, 0.1) is 0 Å². The number of benzene rings is 2. The molecule has 0 aliphatic heterocycles. The largest absolute Gasteiger partial charge is 0.484 e. The second-order valence-corrected chi connectivity index (χ2v) is 7.19. The number of carbonyl (C=O) groups is 1. The van der Waals surface area contributed by atoms with Crippen molar-refractivity contribution in [2.75, 3.05) is 11.9 Å². The van der Waals surface area contributed by atoms with Gasteiger partial charge in [-0.1, -0.05) is 37.6 Å². The summed E-state index contributed by atoms with van der Waals surface area (Å²) < 4.78 is 5.56. The quantitative estimate of drug-likeness (QED) is 0.707. The van der Waals surface area contributed by atoms with Gasteiger partial charge in [-0.2, -0.15) is 0 Å². The third-order valence-electron chi connectivity index (χ3n) is 4.00. The highest BCUT2D eigenvalue weighted by atomic mass is 35.5. The summed E-state index contributed by atoms with van der Waals surface area (Å²) in [6, 6.07) is 11.3.